The van der Waals surface area contributed by atoms with E-state index in [0.717, 1.165) is 0 Å². The zero-order valence-corrected chi connectivity index (χ0v) is 18.1. The van der Waals surface area contributed by atoms with Crippen LogP contribution in [0.3, 0.4) is 0 Å². The van der Waals surface area contributed by atoms with Gasteiger partial charge in [0.2, 0.25) is 0 Å². The molecule has 6 nitrogen and oxygen atoms in total. The summed E-state index contributed by atoms with van der Waals surface area (Å²) in [5.41, 5.74) is -18.1. The Morgan fingerprint density at radius 2 is 0.950 bits per heavy atom. The zero-order chi connectivity index (χ0) is 30.8. The zero-order valence-electron chi connectivity index (χ0n) is 18.1. The minimum atomic E-state index is -5.92. The Balaban J connectivity index is 2.36. The second-order valence-electron chi connectivity index (χ2n) is 7.48. The van der Waals surface area contributed by atoms with Gasteiger partial charge in [-0.15, -0.1) is 0 Å². The first-order chi connectivity index (χ1) is 17.8. The van der Waals surface area contributed by atoms with Crippen LogP contribution in [0.25, 0.3) is 5.69 Å². The fraction of sp³-hybridized carbons (Fsp3) is 0.263. The molecular weight excluding hydrogens is 601 g/mol. The van der Waals surface area contributed by atoms with Crippen molar-refractivity contribution in [1.82, 2.24) is 19.7 Å². The Bertz CT molecular complexity index is 1400. The van der Waals surface area contributed by atoms with E-state index in [4.69, 9.17) is 0 Å². The second kappa shape index (κ2) is 9.25. The normalized spacial score (nSPS) is 13.6. The van der Waals surface area contributed by atoms with Crippen LogP contribution in [0.4, 0.5) is 65.9 Å². The first-order valence-electron chi connectivity index (χ1n) is 9.57. The standard InChI is InChI=1S/C19H5F15N4O2/c20-15(21,22)7-1-5(2-8(35-7)16(23,24)25)12(39)11-13(19(32,33)34)37-38(14(11)40)6-3-9(17(26,27)28)36-10(4-6)18(29,30)31/h1-4,40H/p-1. The van der Waals surface area contributed by atoms with Gasteiger partial charge in [0.15, 0.2) is 11.5 Å². The number of hydrogen-bond donors (Lipinski definition) is 0. The molecule has 218 valence electrons. The van der Waals surface area contributed by atoms with Crippen molar-refractivity contribution in [2.75, 3.05) is 0 Å². The fourth-order valence-electron chi connectivity index (χ4n) is 3.01. The molecule has 0 N–H and O–H groups in total. The SMILES string of the molecule is O=C(c1cc(C(F)(F)F)nc(C(F)(F)F)c1)c1c(C(F)(F)F)nn(-c2cc(C(F)(F)F)nc(C(F)(F)F)c2)c1[O-]. The van der Waals surface area contributed by atoms with Crippen LogP contribution in [-0.2, 0) is 30.9 Å². The molecule has 0 saturated carbocycles. The number of rotatable bonds is 3. The third-order valence-electron chi connectivity index (χ3n) is 4.64. The lowest BCUT2D eigenvalue weighted by molar-refractivity contribution is -0.278. The Morgan fingerprint density at radius 3 is 1.27 bits per heavy atom. The predicted molar refractivity (Wildman–Crippen MR) is 93.5 cm³/mol. The fourth-order valence-corrected chi connectivity index (χ4v) is 3.01. The van der Waals surface area contributed by atoms with Gasteiger partial charge in [-0.1, -0.05) is 0 Å². The van der Waals surface area contributed by atoms with Crippen LogP contribution in [0.1, 0.15) is 44.4 Å². The molecule has 0 aliphatic rings. The highest BCUT2D eigenvalue weighted by Gasteiger charge is 2.44. The number of alkyl halides is 15. The first-order valence-corrected chi connectivity index (χ1v) is 9.57. The predicted octanol–water partition coefficient (Wildman–Crippen LogP) is 6.06. The van der Waals surface area contributed by atoms with Gasteiger partial charge >= 0.3 is 30.9 Å². The maximum Gasteiger partial charge on any atom is 0.435 e. The molecule has 0 amide bonds. The summed E-state index contributed by atoms with van der Waals surface area (Å²) in [5.74, 6) is -4.91. The van der Waals surface area contributed by atoms with Gasteiger partial charge in [0, 0.05) is 11.4 Å². The van der Waals surface area contributed by atoms with E-state index in [1.54, 1.807) is 0 Å². The molecule has 3 heterocycles. The topological polar surface area (TPSA) is 83.7 Å². The van der Waals surface area contributed by atoms with Crippen molar-refractivity contribution in [2.24, 2.45) is 0 Å². The van der Waals surface area contributed by atoms with Gasteiger partial charge in [0.05, 0.1) is 11.3 Å². The lowest BCUT2D eigenvalue weighted by atomic mass is 10.0. The molecule has 0 saturated heterocycles. The molecule has 3 aromatic heterocycles. The molecule has 0 bridgehead atoms. The smallest absolute Gasteiger partial charge is 0.435 e. The minimum Gasteiger partial charge on any atom is -0.858 e. The molecule has 0 aromatic carbocycles. The summed E-state index contributed by atoms with van der Waals surface area (Å²) >= 11 is 0. The highest BCUT2D eigenvalue weighted by atomic mass is 19.4. The Labute approximate surface area is 208 Å². The first kappa shape index (κ1) is 30.5. The van der Waals surface area contributed by atoms with Gasteiger partial charge in [-0.3, -0.25) is 4.79 Å². The molecule has 0 aliphatic heterocycles. The van der Waals surface area contributed by atoms with Crippen molar-refractivity contribution in [2.45, 2.75) is 30.9 Å². The van der Waals surface area contributed by atoms with E-state index in [9.17, 15) is 75.8 Å². The van der Waals surface area contributed by atoms with Crippen LogP contribution in [0.15, 0.2) is 24.3 Å². The average Bonchev–Trinajstić information content (AvgIpc) is 3.13. The molecule has 40 heavy (non-hydrogen) atoms. The highest BCUT2D eigenvalue weighted by Crippen LogP contribution is 2.40. The number of aromatic nitrogens is 4. The summed E-state index contributed by atoms with van der Waals surface area (Å²) in [6.45, 7) is 0. The average molecular weight is 605 g/mol. The van der Waals surface area contributed by atoms with E-state index in [1.165, 1.54) is 0 Å². The second-order valence-corrected chi connectivity index (χ2v) is 7.48. The van der Waals surface area contributed by atoms with Crippen molar-refractivity contribution in [3.8, 4) is 11.6 Å². The molecule has 0 atom stereocenters. The summed E-state index contributed by atoms with van der Waals surface area (Å²) in [6, 6.07) is -1.64. The van der Waals surface area contributed by atoms with E-state index < -0.39 is 105 Å². The van der Waals surface area contributed by atoms with Crippen LogP contribution in [0.2, 0.25) is 0 Å². The summed E-state index contributed by atoms with van der Waals surface area (Å²) < 4.78 is 197. The minimum absolute atomic E-state index is 0.367. The van der Waals surface area contributed by atoms with Crippen molar-refractivity contribution < 1.29 is 75.8 Å². The maximum atomic E-state index is 13.6. The number of carbonyl (C=O) groups excluding carboxylic acids is 1. The number of carbonyl (C=O) groups is 1. The molecule has 0 radical (unpaired) electrons. The molecular formula is C19H4F15N4O2-. The quantitative estimate of drug-likeness (QED) is 0.268. The van der Waals surface area contributed by atoms with Gasteiger partial charge in [-0.2, -0.15) is 71.0 Å². The van der Waals surface area contributed by atoms with Gasteiger partial charge < -0.3 is 5.11 Å². The summed E-state index contributed by atoms with van der Waals surface area (Å²) in [5, 5.41) is 15.2. The van der Waals surface area contributed by atoms with Crippen molar-refractivity contribution in [3.05, 3.63) is 63.9 Å². The van der Waals surface area contributed by atoms with E-state index >= 15 is 0 Å². The number of hydrogen-bond acceptors (Lipinski definition) is 5. The lowest BCUT2D eigenvalue weighted by Gasteiger charge is -2.17. The van der Waals surface area contributed by atoms with Gasteiger partial charge in [-0.25, -0.2) is 14.6 Å². The van der Waals surface area contributed by atoms with E-state index in [-0.39, 0.29) is 12.1 Å². The van der Waals surface area contributed by atoms with E-state index in [0.29, 0.717) is 0 Å². The maximum absolute atomic E-state index is 13.6. The molecule has 0 unspecified atom stereocenters. The third-order valence-corrected chi connectivity index (χ3v) is 4.64. The lowest BCUT2D eigenvalue weighted by Crippen LogP contribution is -2.19. The Morgan fingerprint density at radius 1 is 0.600 bits per heavy atom. The molecule has 21 heteroatoms. The van der Waals surface area contributed by atoms with Gasteiger partial charge in [-0.05, 0) is 24.3 Å². The van der Waals surface area contributed by atoms with Crippen molar-refractivity contribution >= 4 is 5.78 Å². The van der Waals surface area contributed by atoms with E-state index in [2.05, 4.69) is 15.1 Å². The molecule has 0 fully saturated rings. The van der Waals surface area contributed by atoms with Crippen LogP contribution < -0.4 is 5.11 Å². The Hall–Kier alpha value is -4.07. The van der Waals surface area contributed by atoms with Gasteiger partial charge in [0.25, 0.3) is 0 Å². The number of ketones is 1. The summed E-state index contributed by atoms with van der Waals surface area (Å²) in [7, 11) is 0. The summed E-state index contributed by atoms with van der Waals surface area (Å²) in [4.78, 5) is 17.2. The van der Waals surface area contributed by atoms with Gasteiger partial charge in [0.1, 0.15) is 22.8 Å². The number of halogens is 15. The van der Waals surface area contributed by atoms with E-state index in [1.807, 2.05) is 0 Å². The van der Waals surface area contributed by atoms with Crippen molar-refractivity contribution in [3.63, 3.8) is 0 Å². The molecule has 3 rings (SSSR count). The number of nitrogens with zero attached hydrogens (tertiary/aromatic N) is 4. The largest absolute Gasteiger partial charge is 0.858 e. The van der Waals surface area contributed by atoms with Crippen molar-refractivity contribution in [1.29, 1.82) is 0 Å². The molecule has 0 aliphatic carbocycles. The van der Waals surface area contributed by atoms with Crippen LogP contribution in [0, 0.1) is 0 Å². The third kappa shape index (κ3) is 6.06. The van der Waals surface area contributed by atoms with Crippen LogP contribution >= 0.6 is 0 Å². The monoisotopic (exact) mass is 605 g/mol. The summed E-state index contributed by atoms with van der Waals surface area (Å²) in [6.07, 6.45) is -28.7. The number of pyridine rings is 2. The Kier molecular flexibility index (Phi) is 7.05. The molecule has 3 aromatic rings. The van der Waals surface area contributed by atoms with Crippen LogP contribution in [-0.4, -0.2) is 25.5 Å². The van der Waals surface area contributed by atoms with Crippen LogP contribution in [0.5, 0.6) is 5.88 Å². The highest BCUT2D eigenvalue weighted by molar-refractivity contribution is 6.11. The molecule has 0 spiro atoms.